The van der Waals surface area contributed by atoms with E-state index >= 15 is 0 Å². The second-order valence-corrected chi connectivity index (χ2v) is 5.42. The quantitative estimate of drug-likeness (QED) is 0.764. The molecule has 0 radical (unpaired) electrons. The zero-order chi connectivity index (χ0) is 12.7. The normalized spacial score (nSPS) is 13.0. The Kier molecular flexibility index (Phi) is 6.61. The van der Waals surface area contributed by atoms with Gasteiger partial charge in [-0.2, -0.15) is 0 Å². The molecule has 96 valence electrons. The lowest BCUT2D eigenvalue weighted by Crippen LogP contribution is -2.30. The molecule has 0 spiro atoms. The Bertz CT molecular complexity index is 322. The van der Waals surface area contributed by atoms with Crippen LogP contribution in [0.2, 0.25) is 5.02 Å². The Morgan fingerprint density at radius 2 is 1.94 bits per heavy atom. The van der Waals surface area contributed by atoms with Crippen LogP contribution in [0, 0.1) is 5.92 Å². The summed E-state index contributed by atoms with van der Waals surface area (Å²) in [6, 6.07) is 8.74. The summed E-state index contributed by atoms with van der Waals surface area (Å²) in [5.41, 5.74) is 1.28. The molecule has 0 aliphatic carbocycles. The van der Waals surface area contributed by atoms with E-state index in [1.807, 2.05) is 12.1 Å². The molecule has 0 aliphatic heterocycles. The van der Waals surface area contributed by atoms with Gasteiger partial charge < -0.3 is 5.32 Å². The molecule has 1 N–H and O–H groups in total. The lowest BCUT2D eigenvalue weighted by atomic mass is 9.94. The van der Waals surface area contributed by atoms with Crippen LogP contribution in [-0.4, -0.2) is 12.6 Å². The van der Waals surface area contributed by atoms with Gasteiger partial charge in [-0.05, 0) is 36.9 Å². The first-order chi connectivity index (χ1) is 8.13. The molecule has 0 fully saturated rings. The highest BCUT2D eigenvalue weighted by atomic mass is 35.5. The van der Waals surface area contributed by atoms with E-state index < -0.39 is 0 Å². The van der Waals surface area contributed by atoms with Crippen LogP contribution in [0.5, 0.6) is 0 Å². The van der Waals surface area contributed by atoms with Crippen molar-refractivity contribution in [1.82, 2.24) is 5.32 Å². The van der Waals surface area contributed by atoms with Crippen molar-refractivity contribution in [1.29, 1.82) is 0 Å². The summed E-state index contributed by atoms with van der Waals surface area (Å²) < 4.78 is 0. The van der Waals surface area contributed by atoms with Crippen molar-refractivity contribution in [3.63, 3.8) is 0 Å². The van der Waals surface area contributed by atoms with E-state index in [0.717, 1.165) is 18.0 Å². The minimum absolute atomic E-state index is 0.556. The number of hydrogen-bond acceptors (Lipinski definition) is 1. The van der Waals surface area contributed by atoms with Gasteiger partial charge in [0.2, 0.25) is 0 Å². The molecule has 0 aromatic heterocycles. The van der Waals surface area contributed by atoms with Crippen molar-refractivity contribution in [3.05, 3.63) is 34.9 Å². The highest BCUT2D eigenvalue weighted by Gasteiger charge is 2.11. The fourth-order valence-corrected chi connectivity index (χ4v) is 2.27. The maximum absolute atomic E-state index is 6.21. The number of halogens is 1. The maximum Gasteiger partial charge on any atom is 0.0438 e. The Hall–Kier alpha value is -0.530. The van der Waals surface area contributed by atoms with E-state index in [4.69, 9.17) is 11.6 Å². The number of hydrogen-bond donors (Lipinski definition) is 1. The van der Waals surface area contributed by atoms with Crippen molar-refractivity contribution >= 4 is 11.6 Å². The Balaban J connectivity index is 2.56. The van der Waals surface area contributed by atoms with Gasteiger partial charge in [-0.1, -0.05) is 57.0 Å². The molecule has 0 saturated heterocycles. The van der Waals surface area contributed by atoms with Crippen LogP contribution < -0.4 is 5.32 Å². The van der Waals surface area contributed by atoms with Gasteiger partial charge in [0.05, 0.1) is 0 Å². The molecule has 0 amide bonds. The summed E-state index contributed by atoms with van der Waals surface area (Å²) in [4.78, 5) is 0. The van der Waals surface area contributed by atoms with Gasteiger partial charge >= 0.3 is 0 Å². The maximum atomic E-state index is 6.21. The van der Waals surface area contributed by atoms with Crippen molar-refractivity contribution < 1.29 is 0 Å². The van der Waals surface area contributed by atoms with Crippen LogP contribution in [0.3, 0.4) is 0 Å². The molecule has 1 atom stereocenters. The third-order valence-corrected chi connectivity index (χ3v) is 3.35. The molecule has 17 heavy (non-hydrogen) atoms. The first-order valence-electron chi connectivity index (χ1n) is 6.60. The molecule has 0 bridgehead atoms. The van der Waals surface area contributed by atoms with Crippen molar-refractivity contribution in [2.45, 2.75) is 46.1 Å². The molecule has 0 aliphatic rings. The van der Waals surface area contributed by atoms with E-state index in [2.05, 4.69) is 38.2 Å². The predicted molar refractivity (Wildman–Crippen MR) is 76.7 cm³/mol. The fraction of sp³-hybridized carbons (Fsp3) is 0.600. The van der Waals surface area contributed by atoms with Crippen LogP contribution in [0.15, 0.2) is 24.3 Å². The summed E-state index contributed by atoms with van der Waals surface area (Å²) in [6.07, 6.45) is 3.56. The second kappa shape index (κ2) is 7.73. The van der Waals surface area contributed by atoms with E-state index in [1.165, 1.54) is 18.4 Å². The summed E-state index contributed by atoms with van der Waals surface area (Å²) >= 11 is 6.21. The second-order valence-electron chi connectivity index (χ2n) is 5.01. The third kappa shape index (κ3) is 5.56. The van der Waals surface area contributed by atoms with Crippen LogP contribution in [0.25, 0.3) is 0 Å². The first-order valence-corrected chi connectivity index (χ1v) is 6.98. The molecule has 1 aromatic rings. The number of benzene rings is 1. The zero-order valence-corrected chi connectivity index (χ0v) is 11.9. The van der Waals surface area contributed by atoms with Gasteiger partial charge in [0.1, 0.15) is 0 Å². The predicted octanol–water partition coefficient (Wildman–Crippen LogP) is 4.30. The van der Waals surface area contributed by atoms with E-state index in [9.17, 15) is 0 Å². The van der Waals surface area contributed by atoms with Crippen LogP contribution in [0.1, 0.15) is 39.2 Å². The van der Waals surface area contributed by atoms with Gasteiger partial charge in [-0.15, -0.1) is 0 Å². The van der Waals surface area contributed by atoms with Gasteiger partial charge in [0.25, 0.3) is 0 Å². The standard InChI is InChI=1S/C15H24ClN/c1-4-7-13(11-17-12(2)3)10-14-8-5-6-9-15(14)16/h5-6,8-9,12-13,17H,4,7,10-11H2,1-3H3. The van der Waals surface area contributed by atoms with Gasteiger partial charge in [0.15, 0.2) is 0 Å². The largest absolute Gasteiger partial charge is 0.314 e. The molecule has 1 unspecified atom stereocenters. The summed E-state index contributed by atoms with van der Waals surface area (Å²) in [5, 5.41) is 4.43. The lowest BCUT2D eigenvalue weighted by molar-refractivity contribution is 0.418. The van der Waals surface area contributed by atoms with E-state index in [0.29, 0.717) is 12.0 Å². The van der Waals surface area contributed by atoms with Crippen LogP contribution >= 0.6 is 11.6 Å². The molecule has 0 saturated carbocycles. The fourth-order valence-electron chi connectivity index (χ4n) is 2.06. The third-order valence-electron chi connectivity index (χ3n) is 2.98. The summed E-state index contributed by atoms with van der Waals surface area (Å²) in [7, 11) is 0. The molecule has 2 heteroatoms. The lowest BCUT2D eigenvalue weighted by Gasteiger charge is -2.19. The topological polar surface area (TPSA) is 12.0 Å². The van der Waals surface area contributed by atoms with Crippen LogP contribution in [0.4, 0.5) is 0 Å². The Morgan fingerprint density at radius 1 is 1.24 bits per heavy atom. The highest BCUT2D eigenvalue weighted by molar-refractivity contribution is 6.31. The van der Waals surface area contributed by atoms with Crippen molar-refractivity contribution in [2.24, 2.45) is 5.92 Å². The molecular weight excluding hydrogens is 230 g/mol. The van der Waals surface area contributed by atoms with Gasteiger partial charge in [0, 0.05) is 11.1 Å². The van der Waals surface area contributed by atoms with Crippen LogP contribution in [-0.2, 0) is 6.42 Å². The molecule has 1 nitrogen and oxygen atoms in total. The van der Waals surface area contributed by atoms with Gasteiger partial charge in [-0.25, -0.2) is 0 Å². The molecule has 1 aromatic carbocycles. The number of rotatable bonds is 7. The van der Waals surface area contributed by atoms with E-state index in [1.54, 1.807) is 0 Å². The molecule has 0 heterocycles. The van der Waals surface area contributed by atoms with E-state index in [-0.39, 0.29) is 0 Å². The SMILES string of the molecule is CCCC(CNC(C)C)Cc1ccccc1Cl. The summed E-state index contributed by atoms with van der Waals surface area (Å²) in [6.45, 7) is 7.71. The molecular formula is C15H24ClN. The monoisotopic (exact) mass is 253 g/mol. The first kappa shape index (κ1) is 14.5. The number of nitrogens with one attached hydrogen (secondary N) is 1. The average molecular weight is 254 g/mol. The molecule has 1 rings (SSSR count). The minimum atomic E-state index is 0.556. The van der Waals surface area contributed by atoms with Gasteiger partial charge in [-0.3, -0.25) is 0 Å². The van der Waals surface area contributed by atoms with Crippen molar-refractivity contribution in [2.75, 3.05) is 6.54 Å². The smallest absolute Gasteiger partial charge is 0.0438 e. The zero-order valence-electron chi connectivity index (χ0n) is 11.2. The summed E-state index contributed by atoms with van der Waals surface area (Å²) in [5.74, 6) is 0.683. The highest BCUT2D eigenvalue weighted by Crippen LogP contribution is 2.21. The Morgan fingerprint density at radius 3 is 2.53 bits per heavy atom. The Labute approximate surface area is 111 Å². The average Bonchev–Trinajstić information content (AvgIpc) is 2.29. The van der Waals surface area contributed by atoms with Crippen molar-refractivity contribution in [3.8, 4) is 0 Å². The minimum Gasteiger partial charge on any atom is -0.314 e.